The molecule has 1 unspecified atom stereocenters. The van der Waals surface area contributed by atoms with Gasteiger partial charge in [-0.05, 0) is 24.7 Å². The normalized spacial score (nSPS) is 20.3. The summed E-state index contributed by atoms with van der Waals surface area (Å²) in [4.78, 5) is 2.19. The van der Waals surface area contributed by atoms with E-state index in [4.69, 9.17) is 4.74 Å². The molecule has 0 radical (unpaired) electrons. The smallest absolute Gasteiger partial charge is 0.124 e. The minimum absolute atomic E-state index is 0.215. The third-order valence-corrected chi connectivity index (χ3v) is 3.71. The van der Waals surface area contributed by atoms with Crippen LogP contribution in [0.25, 0.3) is 0 Å². The molecule has 0 bridgehead atoms. The molecule has 1 heterocycles. The first-order valence-electron chi connectivity index (χ1n) is 6.10. The fourth-order valence-corrected chi connectivity index (χ4v) is 2.57. The van der Waals surface area contributed by atoms with Crippen LogP contribution in [-0.4, -0.2) is 44.3 Å². The summed E-state index contributed by atoms with van der Waals surface area (Å²) in [5, 5.41) is 3.31. The first kappa shape index (κ1) is 13.9. The lowest BCUT2D eigenvalue weighted by atomic mass is 10.2. The van der Waals surface area contributed by atoms with Gasteiger partial charge in [0.05, 0.1) is 12.7 Å². The Kier molecular flexibility index (Phi) is 5.12. The average molecular weight is 317 g/mol. The lowest BCUT2D eigenvalue weighted by Crippen LogP contribution is -2.44. The zero-order chi connectivity index (χ0) is 13.0. The Labute approximate surface area is 115 Å². The fraction of sp³-hybridized carbons (Fsp3) is 0.538. The number of benzene rings is 1. The van der Waals surface area contributed by atoms with Gasteiger partial charge in [-0.15, -0.1) is 0 Å². The van der Waals surface area contributed by atoms with Crippen LogP contribution in [0, 0.1) is 5.82 Å². The Bertz CT molecular complexity index is 397. The van der Waals surface area contributed by atoms with Gasteiger partial charge in [0.2, 0.25) is 0 Å². The molecular formula is C13H18BrFN2O. The number of nitrogens with zero attached hydrogens (tertiary/aromatic N) is 1. The van der Waals surface area contributed by atoms with Gasteiger partial charge in [0.15, 0.2) is 0 Å². The molecule has 0 aromatic heterocycles. The predicted molar refractivity (Wildman–Crippen MR) is 73.0 cm³/mol. The number of hydrogen-bond donors (Lipinski definition) is 1. The highest BCUT2D eigenvalue weighted by atomic mass is 79.9. The molecular weight excluding hydrogens is 299 g/mol. The largest absolute Gasteiger partial charge is 0.374 e. The summed E-state index contributed by atoms with van der Waals surface area (Å²) in [5.41, 5.74) is 1.09. The molecule has 3 nitrogen and oxygen atoms in total. The first-order chi connectivity index (χ1) is 8.65. The van der Waals surface area contributed by atoms with E-state index in [9.17, 15) is 4.39 Å². The van der Waals surface area contributed by atoms with Crippen molar-refractivity contribution in [2.24, 2.45) is 0 Å². The summed E-state index contributed by atoms with van der Waals surface area (Å²) in [6.45, 7) is 4.26. The molecule has 0 amide bonds. The monoisotopic (exact) mass is 316 g/mol. The topological polar surface area (TPSA) is 24.5 Å². The maximum Gasteiger partial charge on any atom is 0.124 e. The van der Waals surface area contributed by atoms with Crippen LogP contribution < -0.4 is 5.32 Å². The van der Waals surface area contributed by atoms with E-state index >= 15 is 0 Å². The van der Waals surface area contributed by atoms with Crippen LogP contribution in [0.15, 0.2) is 22.7 Å². The van der Waals surface area contributed by atoms with Crippen molar-refractivity contribution in [1.29, 1.82) is 0 Å². The highest BCUT2D eigenvalue weighted by Gasteiger charge is 2.16. The Morgan fingerprint density at radius 1 is 1.56 bits per heavy atom. The van der Waals surface area contributed by atoms with Crippen LogP contribution in [0.5, 0.6) is 0 Å². The third kappa shape index (κ3) is 4.02. The lowest BCUT2D eigenvalue weighted by Gasteiger charge is -2.28. The number of halogens is 2. The van der Waals surface area contributed by atoms with Crippen molar-refractivity contribution < 1.29 is 9.13 Å². The molecule has 5 heteroatoms. The van der Waals surface area contributed by atoms with Gasteiger partial charge in [-0.1, -0.05) is 22.0 Å². The van der Waals surface area contributed by atoms with Crippen LogP contribution in [0.2, 0.25) is 0 Å². The molecule has 0 saturated carbocycles. The second kappa shape index (κ2) is 6.61. The summed E-state index contributed by atoms with van der Waals surface area (Å²) in [7, 11) is 2.05. The van der Waals surface area contributed by atoms with Crippen LogP contribution >= 0.6 is 15.9 Å². The van der Waals surface area contributed by atoms with Crippen molar-refractivity contribution in [3.8, 4) is 0 Å². The molecule has 1 aliphatic heterocycles. The first-order valence-corrected chi connectivity index (χ1v) is 6.89. The summed E-state index contributed by atoms with van der Waals surface area (Å²) in [6.07, 6.45) is 0.239. The Hall–Kier alpha value is -0.490. The van der Waals surface area contributed by atoms with Crippen LogP contribution in [-0.2, 0) is 11.3 Å². The maximum atomic E-state index is 13.0. The number of likely N-dealkylation sites (N-methyl/N-ethyl adjacent to an activating group) is 1. The zero-order valence-corrected chi connectivity index (χ0v) is 12.0. The molecule has 1 aliphatic rings. The fourth-order valence-electron chi connectivity index (χ4n) is 2.09. The number of morpholine rings is 1. The van der Waals surface area contributed by atoms with Crippen molar-refractivity contribution in [3.63, 3.8) is 0 Å². The van der Waals surface area contributed by atoms with Gasteiger partial charge in [0.25, 0.3) is 0 Å². The van der Waals surface area contributed by atoms with E-state index in [1.807, 2.05) is 13.1 Å². The van der Waals surface area contributed by atoms with Gasteiger partial charge in [-0.25, -0.2) is 4.39 Å². The van der Waals surface area contributed by atoms with Gasteiger partial charge >= 0.3 is 0 Å². The Morgan fingerprint density at radius 3 is 3.06 bits per heavy atom. The van der Waals surface area contributed by atoms with E-state index in [2.05, 4.69) is 26.1 Å². The number of nitrogens with one attached hydrogen (secondary N) is 1. The second-order valence-electron chi connectivity index (χ2n) is 4.63. The van der Waals surface area contributed by atoms with Crippen LogP contribution in [0.3, 0.4) is 0 Å². The maximum absolute atomic E-state index is 13.0. The SMILES string of the molecule is CN(Cc1ccc(F)cc1Br)CC1CNCCO1. The number of ether oxygens (including phenoxy) is 1. The van der Waals surface area contributed by atoms with E-state index in [1.54, 1.807) is 0 Å². The zero-order valence-electron chi connectivity index (χ0n) is 10.5. The minimum Gasteiger partial charge on any atom is -0.374 e. The Balaban J connectivity index is 1.87. The summed E-state index contributed by atoms with van der Waals surface area (Å²) in [6, 6.07) is 4.81. The molecule has 0 spiro atoms. The quantitative estimate of drug-likeness (QED) is 0.919. The Morgan fingerprint density at radius 2 is 2.39 bits per heavy atom. The van der Waals surface area contributed by atoms with Gasteiger partial charge in [0, 0.05) is 30.7 Å². The van der Waals surface area contributed by atoms with Crippen LogP contribution in [0.1, 0.15) is 5.56 Å². The highest BCUT2D eigenvalue weighted by Crippen LogP contribution is 2.19. The molecule has 100 valence electrons. The molecule has 18 heavy (non-hydrogen) atoms. The van der Waals surface area contributed by atoms with E-state index in [-0.39, 0.29) is 11.9 Å². The standard InChI is InChI=1S/C13H18BrFN2O/c1-17(9-12-7-16-4-5-18-12)8-10-2-3-11(15)6-13(10)14/h2-3,6,12,16H,4-5,7-9H2,1H3. The number of hydrogen-bond acceptors (Lipinski definition) is 3. The van der Waals surface area contributed by atoms with Crippen molar-refractivity contribution >= 4 is 15.9 Å². The predicted octanol–water partition coefficient (Wildman–Crippen LogP) is 2.01. The minimum atomic E-state index is -0.215. The molecule has 0 aliphatic carbocycles. The van der Waals surface area contributed by atoms with Crippen molar-refractivity contribution in [2.45, 2.75) is 12.6 Å². The van der Waals surface area contributed by atoms with Gasteiger partial charge in [-0.2, -0.15) is 0 Å². The molecule has 2 rings (SSSR count). The van der Waals surface area contributed by atoms with Crippen LogP contribution in [0.4, 0.5) is 4.39 Å². The highest BCUT2D eigenvalue weighted by molar-refractivity contribution is 9.10. The van der Waals surface area contributed by atoms with E-state index in [0.29, 0.717) is 0 Å². The van der Waals surface area contributed by atoms with Gasteiger partial charge < -0.3 is 10.1 Å². The van der Waals surface area contributed by atoms with Crippen molar-refractivity contribution in [3.05, 3.63) is 34.1 Å². The van der Waals surface area contributed by atoms with Crippen molar-refractivity contribution in [2.75, 3.05) is 33.3 Å². The van der Waals surface area contributed by atoms with E-state index < -0.39 is 0 Å². The molecule has 1 atom stereocenters. The molecule has 1 saturated heterocycles. The summed E-state index contributed by atoms with van der Waals surface area (Å²) < 4.78 is 19.5. The van der Waals surface area contributed by atoms with E-state index in [0.717, 1.165) is 42.8 Å². The average Bonchev–Trinajstić information content (AvgIpc) is 2.34. The molecule has 1 aromatic rings. The lowest BCUT2D eigenvalue weighted by molar-refractivity contribution is 0.00881. The molecule has 1 N–H and O–H groups in total. The molecule has 1 aromatic carbocycles. The molecule has 1 fully saturated rings. The van der Waals surface area contributed by atoms with Gasteiger partial charge in [-0.3, -0.25) is 4.90 Å². The second-order valence-corrected chi connectivity index (χ2v) is 5.48. The number of rotatable bonds is 4. The van der Waals surface area contributed by atoms with E-state index in [1.165, 1.54) is 12.1 Å². The third-order valence-electron chi connectivity index (χ3n) is 2.98. The van der Waals surface area contributed by atoms with Gasteiger partial charge in [0.1, 0.15) is 5.82 Å². The van der Waals surface area contributed by atoms with Crippen molar-refractivity contribution in [1.82, 2.24) is 10.2 Å². The summed E-state index contributed by atoms with van der Waals surface area (Å²) >= 11 is 3.39. The summed E-state index contributed by atoms with van der Waals surface area (Å²) in [5.74, 6) is -0.215.